The molecule has 1 aliphatic heterocycles. The summed E-state index contributed by atoms with van der Waals surface area (Å²) in [5, 5.41) is 3.21. The lowest BCUT2D eigenvalue weighted by atomic mass is 9.99. The van der Waals surface area contributed by atoms with Crippen molar-refractivity contribution in [3.63, 3.8) is 0 Å². The maximum absolute atomic E-state index is 12.6. The van der Waals surface area contributed by atoms with E-state index in [-0.39, 0.29) is 5.92 Å². The fourth-order valence-electron chi connectivity index (χ4n) is 3.28. The quantitative estimate of drug-likeness (QED) is 0.891. The van der Waals surface area contributed by atoms with Crippen molar-refractivity contribution in [3.05, 3.63) is 35.9 Å². The molecule has 0 spiro atoms. The van der Waals surface area contributed by atoms with Gasteiger partial charge in [-0.3, -0.25) is 4.79 Å². The van der Waals surface area contributed by atoms with Crippen molar-refractivity contribution in [2.75, 3.05) is 19.6 Å². The highest BCUT2D eigenvalue weighted by Gasteiger charge is 2.33. The Morgan fingerprint density at radius 1 is 1.15 bits per heavy atom. The van der Waals surface area contributed by atoms with Gasteiger partial charge in [-0.1, -0.05) is 43.2 Å². The summed E-state index contributed by atoms with van der Waals surface area (Å²) in [6.45, 7) is 2.62. The lowest BCUT2D eigenvalue weighted by molar-refractivity contribution is -0.139. The Hall–Kier alpha value is -1.35. The second-order valence-electron chi connectivity index (χ2n) is 6.06. The van der Waals surface area contributed by atoms with E-state index in [0.29, 0.717) is 11.9 Å². The van der Waals surface area contributed by atoms with Crippen molar-refractivity contribution in [1.82, 2.24) is 10.2 Å². The number of nitrogens with one attached hydrogen (secondary N) is 1. The molecule has 1 aromatic rings. The first kappa shape index (κ1) is 13.6. The molecule has 1 heterocycles. The van der Waals surface area contributed by atoms with E-state index in [9.17, 15) is 4.79 Å². The zero-order valence-electron chi connectivity index (χ0n) is 12.1. The zero-order chi connectivity index (χ0) is 13.8. The van der Waals surface area contributed by atoms with E-state index in [2.05, 4.69) is 34.5 Å². The van der Waals surface area contributed by atoms with Gasteiger partial charge < -0.3 is 10.2 Å². The van der Waals surface area contributed by atoms with Gasteiger partial charge in [-0.25, -0.2) is 0 Å². The van der Waals surface area contributed by atoms with E-state index >= 15 is 0 Å². The maximum atomic E-state index is 12.6. The maximum Gasteiger partial charge on any atom is 0.228 e. The molecule has 0 unspecified atom stereocenters. The molecule has 2 fully saturated rings. The smallest absolute Gasteiger partial charge is 0.228 e. The normalized spacial score (nSPS) is 19.8. The van der Waals surface area contributed by atoms with Gasteiger partial charge in [0.05, 0.1) is 5.92 Å². The van der Waals surface area contributed by atoms with E-state index in [0.717, 1.165) is 26.1 Å². The number of amides is 1. The van der Waals surface area contributed by atoms with Crippen LogP contribution in [0.1, 0.15) is 31.2 Å². The van der Waals surface area contributed by atoms with Crippen LogP contribution in [-0.4, -0.2) is 36.5 Å². The molecular weight excluding hydrogens is 248 g/mol. The predicted molar refractivity (Wildman–Crippen MR) is 80.5 cm³/mol. The number of nitrogens with zero attached hydrogens (tertiary/aromatic N) is 1. The Balaban J connectivity index is 1.63. The number of hydrogen-bond acceptors (Lipinski definition) is 2. The highest BCUT2D eigenvalue weighted by Crippen LogP contribution is 2.25. The van der Waals surface area contributed by atoms with Crippen LogP contribution in [0.15, 0.2) is 30.3 Å². The topological polar surface area (TPSA) is 32.3 Å². The lowest BCUT2D eigenvalue weighted by Crippen LogP contribution is -2.54. The molecule has 20 heavy (non-hydrogen) atoms. The molecule has 1 N–H and O–H groups in total. The summed E-state index contributed by atoms with van der Waals surface area (Å²) in [5.41, 5.74) is 1.33. The fraction of sp³-hybridized carbons (Fsp3) is 0.588. The summed E-state index contributed by atoms with van der Waals surface area (Å²) >= 11 is 0. The number of benzene rings is 1. The van der Waals surface area contributed by atoms with Crippen LogP contribution in [0.4, 0.5) is 0 Å². The average Bonchev–Trinajstić information content (AvgIpc) is 2.92. The van der Waals surface area contributed by atoms with Gasteiger partial charge in [-0.05, 0) is 24.8 Å². The van der Waals surface area contributed by atoms with Gasteiger partial charge in [0.2, 0.25) is 5.91 Å². The van der Waals surface area contributed by atoms with Gasteiger partial charge >= 0.3 is 0 Å². The molecule has 3 rings (SSSR count). The Bertz CT molecular complexity index is 436. The predicted octanol–water partition coefficient (Wildman–Crippen LogP) is 2.22. The third kappa shape index (κ3) is 3.04. The number of carbonyl (C=O) groups is 1. The SMILES string of the molecule is O=C(C1CNC1)N(CCc1ccccc1)C1CCCC1. The zero-order valence-corrected chi connectivity index (χ0v) is 12.1. The van der Waals surface area contributed by atoms with Crippen LogP contribution in [0.25, 0.3) is 0 Å². The van der Waals surface area contributed by atoms with Crippen molar-refractivity contribution in [2.24, 2.45) is 5.92 Å². The number of rotatable bonds is 5. The molecule has 0 aromatic heterocycles. The molecule has 1 saturated carbocycles. The van der Waals surface area contributed by atoms with Crippen molar-refractivity contribution < 1.29 is 4.79 Å². The molecule has 3 heteroatoms. The van der Waals surface area contributed by atoms with Crippen LogP contribution >= 0.6 is 0 Å². The third-order valence-electron chi connectivity index (χ3n) is 4.66. The van der Waals surface area contributed by atoms with Crippen LogP contribution < -0.4 is 5.32 Å². The van der Waals surface area contributed by atoms with Gasteiger partial charge in [0.15, 0.2) is 0 Å². The molecule has 0 bridgehead atoms. The molecule has 1 aromatic carbocycles. The average molecular weight is 272 g/mol. The summed E-state index contributed by atoms with van der Waals surface area (Å²) < 4.78 is 0. The molecule has 108 valence electrons. The van der Waals surface area contributed by atoms with Crippen LogP contribution in [0, 0.1) is 5.92 Å². The Labute approximate surface area is 121 Å². The number of carbonyl (C=O) groups excluding carboxylic acids is 1. The molecule has 3 nitrogen and oxygen atoms in total. The van der Waals surface area contributed by atoms with Gasteiger partial charge in [-0.15, -0.1) is 0 Å². The van der Waals surface area contributed by atoms with Crippen LogP contribution in [0.5, 0.6) is 0 Å². The van der Waals surface area contributed by atoms with Crippen molar-refractivity contribution in [1.29, 1.82) is 0 Å². The summed E-state index contributed by atoms with van der Waals surface area (Å²) in [7, 11) is 0. The minimum Gasteiger partial charge on any atom is -0.339 e. The second kappa shape index (κ2) is 6.40. The monoisotopic (exact) mass is 272 g/mol. The van der Waals surface area contributed by atoms with Gasteiger partial charge in [0.1, 0.15) is 0 Å². The first-order valence-corrected chi connectivity index (χ1v) is 7.90. The molecule has 0 atom stereocenters. The highest BCUT2D eigenvalue weighted by molar-refractivity contribution is 5.80. The molecule has 1 saturated heterocycles. The van der Waals surface area contributed by atoms with Crippen LogP contribution in [0.3, 0.4) is 0 Å². The highest BCUT2D eigenvalue weighted by atomic mass is 16.2. The lowest BCUT2D eigenvalue weighted by Gasteiger charge is -2.36. The van der Waals surface area contributed by atoms with E-state index < -0.39 is 0 Å². The van der Waals surface area contributed by atoms with Crippen molar-refractivity contribution >= 4 is 5.91 Å². The minimum atomic E-state index is 0.228. The third-order valence-corrected chi connectivity index (χ3v) is 4.66. The molecule has 1 aliphatic carbocycles. The van der Waals surface area contributed by atoms with Gasteiger partial charge in [-0.2, -0.15) is 0 Å². The van der Waals surface area contributed by atoms with Crippen LogP contribution in [0.2, 0.25) is 0 Å². The van der Waals surface area contributed by atoms with E-state index in [4.69, 9.17) is 0 Å². The Morgan fingerprint density at radius 3 is 2.45 bits per heavy atom. The van der Waals surface area contributed by atoms with Crippen molar-refractivity contribution in [3.8, 4) is 0 Å². The standard InChI is InChI=1S/C17H24N2O/c20-17(15-12-18-13-15)19(16-8-4-5-9-16)11-10-14-6-2-1-3-7-14/h1-3,6-7,15-16,18H,4-5,8-13H2. The van der Waals surface area contributed by atoms with E-state index in [1.165, 1.54) is 31.2 Å². The molecular formula is C17H24N2O. The Kier molecular flexibility index (Phi) is 4.36. The molecule has 1 amide bonds. The second-order valence-corrected chi connectivity index (χ2v) is 6.06. The van der Waals surface area contributed by atoms with Crippen LogP contribution in [-0.2, 0) is 11.2 Å². The largest absolute Gasteiger partial charge is 0.339 e. The van der Waals surface area contributed by atoms with Gasteiger partial charge in [0, 0.05) is 25.7 Å². The van der Waals surface area contributed by atoms with E-state index in [1.807, 2.05) is 6.07 Å². The molecule has 2 aliphatic rings. The summed E-state index contributed by atoms with van der Waals surface area (Å²) in [5.74, 6) is 0.609. The van der Waals surface area contributed by atoms with Gasteiger partial charge in [0.25, 0.3) is 0 Å². The summed E-state index contributed by atoms with van der Waals surface area (Å²) in [6, 6.07) is 11.0. The van der Waals surface area contributed by atoms with E-state index in [1.54, 1.807) is 0 Å². The number of hydrogen-bond donors (Lipinski definition) is 1. The fourth-order valence-corrected chi connectivity index (χ4v) is 3.28. The first-order valence-electron chi connectivity index (χ1n) is 7.90. The Morgan fingerprint density at radius 2 is 1.85 bits per heavy atom. The summed E-state index contributed by atoms with van der Waals surface area (Å²) in [6.07, 6.45) is 5.93. The molecule has 0 radical (unpaired) electrons. The minimum absolute atomic E-state index is 0.228. The first-order chi connectivity index (χ1) is 9.84. The summed E-state index contributed by atoms with van der Waals surface area (Å²) in [4.78, 5) is 14.8. The van der Waals surface area contributed by atoms with Crippen molar-refractivity contribution in [2.45, 2.75) is 38.1 Å².